The molecule has 0 unspecified atom stereocenters. The Kier molecular flexibility index (Phi) is 5.93. The Labute approximate surface area is 92.4 Å². The van der Waals surface area contributed by atoms with Crippen LogP contribution >= 0.6 is 11.8 Å². The zero-order chi connectivity index (χ0) is 11.1. The van der Waals surface area contributed by atoms with E-state index in [1.54, 1.807) is 11.8 Å². The Morgan fingerprint density at radius 3 is 2.73 bits per heavy atom. The van der Waals surface area contributed by atoms with Gasteiger partial charge >= 0.3 is 0 Å². The third-order valence-electron chi connectivity index (χ3n) is 2.19. The number of hydrogen-bond donors (Lipinski definition) is 2. The molecule has 0 aromatic heterocycles. The van der Waals surface area contributed by atoms with Gasteiger partial charge in [-0.1, -0.05) is 0 Å². The van der Waals surface area contributed by atoms with Crippen molar-refractivity contribution in [1.82, 2.24) is 10.6 Å². The molecule has 2 N–H and O–H groups in total. The standard InChI is InChI=1S/C9H16F2N2OS/c10-8(11)5-13-9(14)6-15-7-1-3-12-4-2-7/h7-8,12H,1-6H2,(H,13,14). The molecule has 1 rings (SSSR count). The summed E-state index contributed by atoms with van der Waals surface area (Å²) in [4.78, 5) is 11.1. The molecule has 1 saturated heterocycles. The van der Waals surface area contributed by atoms with E-state index in [0.717, 1.165) is 25.9 Å². The summed E-state index contributed by atoms with van der Waals surface area (Å²) < 4.78 is 23.5. The molecule has 3 nitrogen and oxygen atoms in total. The normalized spacial score (nSPS) is 18.1. The Hall–Kier alpha value is -0.360. The van der Waals surface area contributed by atoms with E-state index in [0.29, 0.717) is 5.25 Å². The van der Waals surface area contributed by atoms with Gasteiger partial charge in [-0.2, -0.15) is 0 Å². The summed E-state index contributed by atoms with van der Waals surface area (Å²) >= 11 is 1.56. The Bertz CT molecular complexity index is 199. The number of carbonyl (C=O) groups is 1. The van der Waals surface area contributed by atoms with Crippen LogP contribution in [0.15, 0.2) is 0 Å². The maximum Gasteiger partial charge on any atom is 0.255 e. The van der Waals surface area contributed by atoms with Gasteiger partial charge in [0.15, 0.2) is 0 Å². The average molecular weight is 238 g/mol. The van der Waals surface area contributed by atoms with Crippen LogP contribution in [0.1, 0.15) is 12.8 Å². The summed E-state index contributed by atoms with van der Waals surface area (Å²) in [6.45, 7) is 1.43. The lowest BCUT2D eigenvalue weighted by molar-refractivity contribution is -0.119. The molecule has 0 aromatic carbocycles. The molecule has 88 valence electrons. The van der Waals surface area contributed by atoms with Gasteiger partial charge in [-0.25, -0.2) is 8.78 Å². The first-order valence-electron chi connectivity index (χ1n) is 5.05. The monoisotopic (exact) mass is 238 g/mol. The molecule has 1 heterocycles. The number of thioether (sulfide) groups is 1. The molecule has 1 fully saturated rings. The third-order valence-corrected chi connectivity index (χ3v) is 3.56. The average Bonchev–Trinajstić information content (AvgIpc) is 2.25. The second kappa shape index (κ2) is 7.00. The highest BCUT2D eigenvalue weighted by Crippen LogP contribution is 2.19. The lowest BCUT2D eigenvalue weighted by atomic mass is 10.2. The van der Waals surface area contributed by atoms with Crippen LogP contribution in [-0.2, 0) is 4.79 Å². The number of nitrogens with one attached hydrogen (secondary N) is 2. The molecule has 0 atom stereocenters. The molecule has 0 aromatic rings. The quantitative estimate of drug-likeness (QED) is 0.746. The maximum absolute atomic E-state index is 11.8. The van der Waals surface area contributed by atoms with Crippen LogP contribution in [0.2, 0.25) is 0 Å². The summed E-state index contributed by atoms with van der Waals surface area (Å²) in [5, 5.41) is 5.92. The SMILES string of the molecule is O=C(CSC1CCNCC1)NCC(F)F. The van der Waals surface area contributed by atoms with Crippen molar-refractivity contribution in [2.75, 3.05) is 25.4 Å². The molecule has 1 aliphatic rings. The van der Waals surface area contributed by atoms with E-state index in [1.165, 1.54) is 0 Å². The highest BCUT2D eigenvalue weighted by molar-refractivity contribution is 8.00. The fourth-order valence-electron chi connectivity index (χ4n) is 1.40. The molecule has 0 spiro atoms. The molecule has 0 bridgehead atoms. The van der Waals surface area contributed by atoms with Crippen LogP contribution < -0.4 is 10.6 Å². The number of hydrogen-bond acceptors (Lipinski definition) is 3. The van der Waals surface area contributed by atoms with Crippen molar-refractivity contribution >= 4 is 17.7 Å². The van der Waals surface area contributed by atoms with Gasteiger partial charge < -0.3 is 10.6 Å². The van der Waals surface area contributed by atoms with Crippen molar-refractivity contribution in [3.8, 4) is 0 Å². The van der Waals surface area contributed by atoms with Crippen molar-refractivity contribution in [3.05, 3.63) is 0 Å². The van der Waals surface area contributed by atoms with Crippen LogP contribution in [0.3, 0.4) is 0 Å². The molecular weight excluding hydrogens is 222 g/mol. The van der Waals surface area contributed by atoms with E-state index in [2.05, 4.69) is 10.6 Å². The Balaban J connectivity index is 2.05. The van der Waals surface area contributed by atoms with Crippen molar-refractivity contribution in [2.45, 2.75) is 24.5 Å². The van der Waals surface area contributed by atoms with Crippen LogP contribution in [0.5, 0.6) is 0 Å². The number of carbonyl (C=O) groups excluding carboxylic acids is 1. The van der Waals surface area contributed by atoms with E-state index < -0.39 is 13.0 Å². The number of alkyl halides is 2. The predicted octanol–water partition coefficient (Wildman–Crippen LogP) is 0.853. The first-order valence-corrected chi connectivity index (χ1v) is 6.10. The summed E-state index contributed by atoms with van der Waals surface area (Å²) in [7, 11) is 0. The molecule has 6 heteroatoms. The number of halogens is 2. The smallest absolute Gasteiger partial charge is 0.255 e. The zero-order valence-electron chi connectivity index (χ0n) is 8.47. The molecule has 0 radical (unpaired) electrons. The lowest BCUT2D eigenvalue weighted by Crippen LogP contribution is -2.33. The van der Waals surface area contributed by atoms with E-state index in [4.69, 9.17) is 0 Å². The molecule has 1 aliphatic heterocycles. The summed E-state index contributed by atoms with van der Waals surface area (Å²) in [6, 6.07) is 0. The van der Waals surface area contributed by atoms with E-state index in [1.807, 2.05) is 0 Å². The highest BCUT2D eigenvalue weighted by Gasteiger charge is 2.15. The zero-order valence-corrected chi connectivity index (χ0v) is 9.29. The van der Waals surface area contributed by atoms with Gasteiger partial charge in [0.25, 0.3) is 6.43 Å². The van der Waals surface area contributed by atoms with Crippen LogP contribution in [0.4, 0.5) is 8.78 Å². The number of amides is 1. The highest BCUT2D eigenvalue weighted by atomic mass is 32.2. The minimum Gasteiger partial charge on any atom is -0.350 e. The van der Waals surface area contributed by atoms with Crippen molar-refractivity contribution in [3.63, 3.8) is 0 Å². The van der Waals surface area contributed by atoms with Gasteiger partial charge in [-0.15, -0.1) is 11.8 Å². The summed E-state index contributed by atoms with van der Waals surface area (Å²) in [5.74, 6) is -0.00367. The first kappa shape index (κ1) is 12.7. The van der Waals surface area contributed by atoms with E-state index in [-0.39, 0.29) is 11.7 Å². The molecule has 15 heavy (non-hydrogen) atoms. The van der Waals surface area contributed by atoms with Gasteiger partial charge in [0.2, 0.25) is 5.91 Å². The molecular formula is C9H16F2N2OS. The lowest BCUT2D eigenvalue weighted by Gasteiger charge is -2.21. The minimum absolute atomic E-state index is 0.289. The van der Waals surface area contributed by atoms with Crippen molar-refractivity contribution in [2.24, 2.45) is 0 Å². The van der Waals surface area contributed by atoms with Gasteiger partial charge in [-0.05, 0) is 25.9 Å². The summed E-state index contributed by atoms with van der Waals surface area (Å²) in [6.07, 6.45) is -0.364. The van der Waals surface area contributed by atoms with Crippen LogP contribution in [-0.4, -0.2) is 43.0 Å². The topological polar surface area (TPSA) is 41.1 Å². The maximum atomic E-state index is 11.8. The van der Waals surface area contributed by atoms with Gasteiger partial charge in [0.1, 0.15) is 0 Å². The van der Waals surface area contributed by atoms with Gasteiger partial charge in [0.05, 0.1) is 12.3 Å². The third kappa shape index (κ3) is 5.94. The van der Waals surface area contributed by atoms with Crippen molar-refractivity contribution in [1.29, 1.82) is 0 Å². The Morgan fingerprint density at radius 1 is 1.47 bits per heavy atom. The largest absolute Gasteiger partial charge is 0.350 e. The summed E-state index contributed by atoms with van der Waals surface area (Å²) in [5.41, 5.74) is 0. The van der Waals surface area contributed by atoms with Crippen molar-refractivity contribution < 1.29 is 13.6 Å². The fraction of sp³-hybridized carbons (Fsp3) is 0.889. The molecule has 1 amide bonds. The number of piperidine rings is 1. The Morgan fingerprint density at radius 2 is 2.13 bits per heavy atom. The minimum atomic E-state index is -2.46. The number of rotatable bonds is 5. The van der Waals surface area contributed by atoms with Gasteiger partial charge in [-0.3, -0.25) is 4.79 Å². The van der Waals surface area contributed by atoms with E-state index in [9.17, 15) is 13.6 Å². The second-order valence-corrected chi connectivity index (χ2v) is 4.74. The fourth-order valence-corrected chi connectivity index (χ4v) is 2.46. The van der Waals surface area contributed by atoms with Crippen LogP contribution in [0.25, 0.3) is 0 Å². The first-order chi connectivity index (χ1) is 7.18. The molecule has 0 saturated carbocycles. The van der Waals surface area contributed by atoms with Gasteiger partial charge in [0, 0.05) is 5.25 Å². The van der Waals surface area contributed by atoms with Crippen LogP contribution in [0, 0.1) is 0 Å². The predicted molar refractivity (Wildman–Crippen MR) is 57.4 cm³/mol. The van der Waals surface area contributed by atoms with E-state index >= 15 is 0 Å². The molecule has 0 aliphatic carbocycles. The second-order valence-electron chi connectivity index (χ2n) is 3.46.